The van der Waals surface area contributed by atoms with Gasteiger partial charge in [-0.15, -0.1) is 11.8 Å². The Hall–Kier alpha value is -1.15. The van der Waals surface area contributed by atoms with E-state index >= 15 is 0 Å². The summed E-state index contributed by atoms with van der Waals surface area (Å²) in [6, 6.07) is 7.98. The topological polar surface area (TPSA) is 20.2 Å². The summed E-state index contributed by atoms with van der Waals surface area (Å²) in [6.07, 6.45) is 1.77. The second-order valence-electron chi connectivity index (χ2n) is 2.57. The van der Waals surface area contributed by atoms with Gasteiger partial charge in [-0.1, -0.05) is 24.3 Å². The molecule has 0 aromatic heterocycles. The van der Waals surface area contributed by atoms with Crippen molar-refractivity contribution in [3.05, 3.63) is 45.9 Å². The third-order valence-corrected chi connectivity index (χ3v) is 2.45. The van der Waals surface area contributed by atoms with Gasteiger partial charge in [0.2, 0.25) is 0 Å². The van der Waals surface area contributed by atoms with Crippen molar-refractivity contribution >= 4 is 23.2 Å². The minimum Gasteiger partial charge on any atom is -0.507 e. The average molecular weight is 176 g/mol. The van der Waals surface area contributed by atoms with Crippen LogP contribution in [-0.2, 0) is 0 Å². The van der Waals surface area contributed by atoms with Gasteiger partial charge in [0, 0.05) is 5.41 Å². The van der Waals surface area contributed by atoms with Gasteiger partial charge in [-0.25, -0.2) is 0 Å². The highest BCUT2D eigenvalue weighted by Gasteiger charge is 1.92. The van der Waals surface area contributed by atoms with Crippen LogP contribution < -0.4 is 10.4 Å². The first kappa shape index (κ1) is 7.50. The van der Waals surface area contributed by atoms with Gasteiger partial charge < -0.3 is 5.11 Å². The zero-order valence-electron chi connectivity index (χ0n) is 6.40. The van der Waals surface area contributed by atoms with E-state index in [4.69, 9.17) is 0 Å². The summed E-state index contributed by atoms with van der Waals surface area (Å²) in [5, 5.41) is 15.3. The normalized spacial score (nSPS) is 14.8. The molecular formula is C10H8OS. The molecule has 0 saturated carbocycles. The molecule has 0 unspecified atom stereocenters. The molecule has 1 aliphatic heterocycles. The SMILES string of the molecule is OC1=CSC=c2ccccc2=C1. The molecule has 0 amide bonds. The second kappa shape index (κ2) is 3.07. The third kappa shape index (κ3) is 1.38. The Morgan fingerprint density at radius 1 is 1.00 bits per heavy atom. The average Bonchev–Trinajstić information content (AvgIpc) is 2.25. The maximum Gasteiger partial charge on any atom is 0.122 e. The molecule has 60 valence electrons. The van der Waals surface area contributed by atoms with Crippen LogP contribution in [0.15, 0.2) is 35.4 Å². The van der Waals surface area contributed by atoms with E-state index in [0.717, 1.165) is 10.4 Å². The van der Waals surface area contributed by atoms with Crippen molar-refractivity contribution in [1.82, 2.24) is 0 Å². The fourth-order valence-electron chi connectivity index (χ4n) is 1.12. The van der Waals surface area contributed by atoms with E-state index in [9.17, 15) is 5.11 Å². The van der Waals surface area contributed by atoms with Crippen LogP contribution in [0.4, 0.5) is 0 Å². The first-order chi connectivity index (χ1) is 5.86. The highest BCUT2D eigenvalue weighted by molar-refractivity contribution is 8.09. The highest BCUT2D eigenvalue weighted by Crippen LogP contribution is 2.08. The monoisotopic (exact) mass is 176 g/mol. The van der Waals surface area contributed by atoms with E-state index < -0.39 is 0 Å². The van der Waals surface area contributed by atoms with Gasteiger partial charge >= 0.3 is 0 Å². The Labute approximate surface area is 74.7 Å². The second-order valence-corrected chi connectivity index (χ2v) is 3.31. The molecule has 12 heavy (non-hydrogen) atoms. The Morgan fingerprint density at radius 3 is 2.58 bits per heavy atom. The maximum absolute atomic E-state index is 9.30. The summed E-state index contributed by atoms with van der Waals surface area (Å²) in [5.74, 6) is 0.321. The molecule has 0 radical (unpaired) electrons. The number of hydrogen-bond acceptors (Lipinski definition) is 2. The molecule has 0 atom stereocenters. The minimum absolute atomic E-state index is 0.321. The summed E-state index contributed by atoms with van der Waals surface area (Å²) in [5.41, 5.74) is 0. The Bertz CT molecular complexity index is 431. The van der Waals surface area contributed by atoms with E-state index in [1.165, 1.54) is 11.8 Å². The number of aliphatic hydroxyl groups is 1. The lowest BCUT2D eigenvalue weighted by Crippen LogP contribution is -2.22. The molecular weight excluding hydrogens is 168 g/mol. The standard InChI is InChI=1S/C10H8OS/c11-10-5-8-3-1-2-4-9(8)6-12-7-10/h1-7,11H. The van der Waals surface area contributed by atoms with Gasteiger partial charge in [0.15, 0.2) is 0 Å². The van der Waals surface area contributed by atoms with E-state index in [0.29, 0.717) is 5.76 Å². The zero-order valence-corrected chi connectivity index (χ0v) is 7.21. The number of fused-ring (bicyclic) bond motifs is 1. The molecule has 0 bridgehead atoms. The first-order valence-corrected chi connectivity index (χ1v) is 4.62. The number of thioether (sulfide) groups is 1. The number of rotatable bonds is 0. The number of benzene rings is 1. The van der Waals surface area contributed by atoms with E-state index in [1.807, 2.05) is 29.7 Å². The smallest absolute Gasteiger partial charge is 0.122 e. The molecule has 2 heteroatoms. The van der Waals surface area contributed by atoms with Crippen molar-refractivity contribution in [3.63, 3.8) is 0 Å². The molecule has 1 N–H and O–H groups in total. The van der Waals surface area contributed by atoms with Crippen LogP contribution in [-0.4, -0.2) is 5.11 Å². The molecule has 1 nitrogen and oxygen atoms in total. The van der Waals surface area contributed by atoms with Crippen molar-refractivity contribution in [2.75, 3.05) is 0 Å². The summed E-state index contributed by atoms with van der Waals surface area (Å²) in [6.45, 7) is 0. The molecule has 1 heterocycles. The molecule has 2 rings (SSSR count). The fourth-order valence-corrected chi connectivity index (χ4v) is 1.76. The van der Waals surface area contributed by atoms with E-state index in [-0.39, 0.29) is 0 Å². The van der Waals surface area contributed by atoms with Gasteiger partial charge in [0.1, 0.15) is 5.76 Å². The fraction of sp³-hybridized carbons (Fsp3) is 0. The van der Waals surface area contributed by atoms with Gasteiger partial charge in [-0.2, -0.15) is 0 Å². The van der Waals surface area contributed by atoms with Crippen molar-refractivity contribution in [3.8, 4) is 0 Å². The van der Waals surface area contributed by atoms with Crippen molar-refractivity contribution in [1.29, 1.82) is 0 Å². The van der Waals surface area contributed by atoms with Gasteiger partial charge in [0.25, 0.3) is 0 Å². The summed E-state index contributed by atoms with van der Waals surface area (Å²) >= 11 is 1.50. The lowest BCUT2D eigenvalue weighted by atomic mass is 10.2. The molecule has 1 aromatic rings. The van der Waals surface area contributed by atoms with Crippen LogP contribution in [0.25, 0.3) is 11.5 Å². The van der Waals surface area contributed by atoms with Crippen LogP contribution >= 0.6 is 11.8 Å². The van der Waals surface area contributed by atoms with Gasteiger partial charge in [-0.05, 0) is 21.9 Å². The predicted molar refractivity (Wildman–Crippen MR) is 52.9 cm³/mol. The molecule has 0 aliphatic carbocycles. The van der Waals surface area contributed by atoms with Gasteiger partial charge in [-0.3, -0.25) is 0 Å². The number of hydrogen-bond donors (Lipinski definition) is 1. The first-order valence-electron chi connectivity index (χ1n) is 3.68. The Morgan fingerprint density at radius 2 is 1.75 bits per heavy atom. The summed E-state index contributed by atoms with van der Waals surface area (Å²) in [4.78, 5) is 0. The third-order valence-electron chi connectivity index (χ3n) is 1.68. The van der Waals surface area contributed by atoms with Crippen molar-refractivity contribution in [2.45, 2.75) is 0 Å². The molecule has 0 spiro atoms. The Balaban J connectivity index is 2.76. The Kier molecular flexibility index (Phi) is 1.92. The van der Waals surface area contributed by atoms with Gasteiger partial charge in [0.05, 0.1) is 0 Å². The van der Waals surface area contributed by atoms with Crippen LogP contribution in [0.1, 0.15) is 0 Å². The molecule has 0 saturated heterocycles. The lowest BCUT2D eigenvalue weighted by Gasteiger charge is -1.86. The predicted octanol–water partition coefficient (Wildman–Crippen LogP) is 1.35. The lowest BCUT2D eigenvalue weighted by molar-refractivity contribution is 0.443. The van der Waals surface area contributed by atoms with Crippen LogP contribution in [0.3, 0.4) is 0 Å². The van der Waals surface area contributed by atoms with Crippen molar-refractivity contribution < 1.29 is 5.11 Å². The van der Waals surface area contributed by atoms with Crippen molar-refractivity contribution in [2.24, 2.45) is 0 Å². The van der Waals surface area contributed by atoms with Crippen LogP contribution in [0, 0.1) is 0 Å². The van der Waals surface area contributed by atoms with Crippen LogP contribution in [0.2, 0.25) is 0 Å². The quantitative estimate of drug-likeness (QED) is 0.644. The summed E-state index contributed by atoms with van der Waals surface area (Å²) < 4.78 is 0. The number of aliphatic hydroxyl groups excluding tert-OH is 1. The minimum atomic E-state index is 0.321. The summed E-state index contributed by atoms with van der Waals surface area (Å²) in [7, 11) is 0. The van der Waals surface area contributed by atoms with Crippen LogP contribution in [0.5, 0.6) is 0 Å². The highest BCUT2D eigenvalue weighted by atomic mass is 32.2. The largest absolute Gasteiger partial charge is 0.507 e. The van der Waals surface area contributed by atoms with E-state index in [1.54, 1.807) is 11.5 Å². The molecule has 1 aromatic carbocycles. The maximum atomic E-state index is 9.30. The van der Waals surface area contributed by atoms with E-state index in [2.05, 4.69) is 0 Å². The number of allylic oxidation sites excluding steroid dienone is 1. The molecule has 1 aliphatic rings. The molecule has 0 fully saturated rings. The zero-order chi connectivity index (χ0) is 8.39.